The first-order chi connectivity index (χ1) is 12.2. The Morgan fingerprint density at radius 3 is 2.68 bits per heavy atom. The van der Waals surface area contributed by atoms with Crippen LogP contribution in [0.25, 0.3) is 21.8 Å². The molecule has 3 nitrogen and oxygen atoms in total. The van der Waals surface area contributed by atoms with E-state index in [1.54, 1.807) is 6.07 Å². The number of benzene rings is 3. The third kappa shape index (κ3) is 2.76. The van der Waals surface area contributed by atoms with E-state index in [4.69, 9.17) is 0 Å². The van der Waals surface area contributed by atoms with Gasteiger partial charge in [-0.1, -0.05) is 37.3 Å². The van der Waals surface area contributed by atoms with Gasteiger partial charge in [0.25, 0.3) is 5.91 Å². The molecule has 0 aliphatic carbocycles. The number of amides is 1. The molecule has 0 fully saturated rings. The van der Waals surface area contributed by atoms with Gasteiger partial charge in [0.2, 0.25) is 0 Å². The van der Waals surface area contributed by atoms with Crippen molar-refractivity contribution in [2.75, 3.05) is 5.32 Å². The maximum Gasteiger partial charge on any atom is 0.255 e. The fourth-order valence-electron chi connectivity index (χ4n) is 3.19. The molecule has 1 amide bonds. The van der Waals surface area contributed by atoms with Crippen LogP contribution in [0.4, 0.5) is 10.1 Å². The molecular weight excluding hydrogens is 315 g/mol. The van der Waals surface area contributed by atoms with Crippen molar-refractivity contribution in [3.05, 3.63) is 77.6 Å². The highest BCUT2D eigenvalue weighted by Crippen LogP contribution is 2.29. The van der Waals surface area contributed by atoms with Crippen LogP contribution in [0.5, 0.6) is 0 Å². The highest BCUT2D eigenvalue weighted by atomic mass is 19.1. The Morgan fingerprint density at radius 2 is 1.88 bits per heavy atom. The number of aryl methyl sites for hydroxylation is 1. The average Bonchev–Trinajstić information content (AvgIpc) is 2.99. The van der Waals surface area contributed by atoms with Crippen LogP contribution in [-0.4, -0.2) is 10.9 Å². The number of carbonyl (C=O) groups is 1. The Bertz CT molecular complexity index is 1100. The third-order valence-corrected chi connectivity index (χ3v) is 4.45. The summed E-state index contributed by atoms with van der Waals surface area (Å²) in [6.45, 7) is 2.13. The smallest absolute Gasteiger partial charge is 0.255 e. The summed E-state index contributed by atoms with van der Waals surface area (Å²) < 4.78 is 13.3. The standard InChI is InChI=1S/C21H17FN2O/c1-2-13-5-4-8-18-17-10-9-16(12-19(17)24-20(13)18)23-21(25)14-6-3-7-15(22)11-14/h3-12,24H,2H2,1H3,(H,23,25). The Labute approximate surface area is 144 Å². The normalized spacial score (nSPS) is 11.1. The molecule has 0 radical (unpaired) electrons. The van der Waals surface area contributed by atoms with Gasteiger partial charge in [-0.25, -0.2) is 4.39 Å². The summed E-state index contributed by atoms with van der Waals surface area (Å²) >= 11 is 0. The van der Waals surface area contributed by atoms with Crippen LogP contribution in [-0.2, 0) is 6.42 Å². The molecule has 2 N–H and O–H groups in total. The summed E-state index contributed by atoms with van der Waals surface area (Å²) in [5.74, 6) is -0.755. The first-order valence-corrected chi connectivity index (χ1v) is 8.26. The first kappa shape index (κ1) is 15.4. The summed E-state index contributed by atoms with van der Waals surface area (Å²) in [6.07, 6.45) is 0.952. The van der Waals surface area contributed by atoms with Crippen molar-refractivity contribution in [1.82, 2.24) is 4.98 Å². The van der Waals surface area contributed by atoms with E-state index in [0.29, 0.717) is 11.3 Å². The van der Waals surface area contributed by atoms with Crippen molar-refractivity contribution in [1.29, 1.82) is 0 Å². The summed E-state index contributed by atoms with van der Waals surface area (Å²) in [5.41, 5.74) is 4.33. The number of H-pyrrole nitrogens is 1. The molecule has 3 aromatic carbocycles. The van der Waals surface area contributed by atoms with E-state index in [9.17, 15) is 9.18 Å². The maximum absolute atomic E-state index is 13.3. The van der Waals surface area contributed by atoms with Crippen LogP contribution in [0, 0.1) is 5.82 Å². The van der Waals surface area contributed by atoms with E-state index in [2.05, 4.69) is 35.4 Å². The lowest BCUT2D eigenvalue weighted by molar-refractivity contribution is 0.102. The predicted octanol–water partition coefficient (Wildman–Crippen LogP) is 5.27. The lowest BCUT2D eigenvalue weighted by atomic mass is 10.1. The fourth-order valence-corrected chi connectivity index (χ4v) is 3.19. The molecular formula is C21H17FN2O. The van der Waals surface area contributed by atoms with Gasteiger partial charge >= 0.3 is 0 Å². The molecule has 0 atom stereocenters. The number of carbonyl (C=O) groups excluding carboxylic acids is 1. The third-order valence-electron chi connectivity index (χ3n) is 4.45. The minimum Gasteiger partial charge on any atom is -0.354 e. The second-order valence-corrected chi connectivity index (χ2v) is 6.04. The van der Waals surface area contributed by atoms with Gasteiger partial charge in [-0.2, -0.15) is 0 Å². The number of aromatic nitrogens is 1. The van der Waals surface area contributed by atoms with E-state index in [0.717, 1.165) is 22.8 Å². The quantitative estimate of drug-likeness (QED) is 0.527. The van der Waals surface area contributed by atoms with Gasteiger partial charge in [-0.15, -0.1) is 0 Å². The van der Waals surface area contributed by atoms with Crippen LogP contribution >= 0.6 is 0 Å². The van der Waals surface area contributed by atoms with E-state index >= 15 is 0 Å². The molecule has 0 aliphatic heterocycles. The number of anilines is 1. The number of fused-ring (bicyclic) bond motifs is 3. The van der Waals surface area contributed by atoms with Gasteiger partial charge in [0.15, 0.2) is 0 Å². The molecule has 4 rings (SSSR count). The van der Waals surface area contributed by atoms with Gasteiger partial charge in [0.05, 0.1) is 0 Å². The minimum atomic E-state index is -0.425. The molecule has 0 spiro atoms. The summed E-state index contributed by atoms with van der Waals surface area (Å²) in [7, 11) is 0. The Hall–Kier alpha value is -3.14. The van der Waals surface area contributed by atoms with Crippen molar-refractivity contribution >= 4 is 33.4 Å². The molecule has 25 heavy (non-hydrogen) atoms. The topological polar surface area (TPSA) is 44.9 Å². The molecule has 4 heteroatoms. The minimum absolute atomic E-state index is 0.296. The number of aromatic amines is 1. The van der Waals surface area contributed by atoms with Gasteiger partial charge < -0.3 is 10.3 Å². The van der Waals surface area contributed by atoms with Crippen molar-refractivity contribution in [2.24, 2.45) is 0 Å². The number of hydrogen-bond acceptors (Lipinski definition) is 1. The highest BCUT2D eigenvalue weighted by Gasteiger charge is 2.10. The lowest BCUT2D eigenvalue weighted by Crippen LogP contribution is -2.11. The van der Waals surface area contributed by atoms with E-state index in [1.807, 2.05) is 18.2 Å². The van der Waals surface area contributed by atoms with Crippen LogP contribution in [0.1, 0.15) is 22.8 Å². The van der Waals surface area contributed by atoms with Crippen LogP contribution in [0.3, 0.4) is 0 Å². The van der Waals surface area contributed by atoms with Crippen molar-refractivity contribution in [2.45, 2.75) is 13.3 Å². The Morgan fingerprint density at radius 1 is 1.04 bits per heavy atom. The molecule has 124 valence electrons. The molecule has 4 aromatic rings. The van der Waals surface area contributed by atoms with Crippen molar-refractivity contribution in [3.8, 4) is 0 Å². The Balaban J connectivity index is 1.72. The van der Waals surface area contributed by atoms with E-state index < -0.39 is 5.82 Å². The Kier molecular flexibility index (Phi) is 3.73. The molecule has 0 aliphatic rings. The highest BCUT2D eigenvalue weighted by molar-refractivity contribution is 6.10. The van der Waals surface area contributed by atoms with Crippen molar-refractivity contribution < 1.29 is 9.18 Å². The summed E-state index contributed by atoms with van der Waals surface area (Å²) in [4.78, 5) is 15.7. The summed E-state index contributed by atoms with van der Waals surface area (Å²) in [5, 5.41) is 5.12. The fraction of sp³-hybridized carbons (Fsp3) is 0.0952. The first-order valence-electron chi connectivity index (χ1n) is 8.26. The zero-order chi connectivity index (χ0) is 17.4. The van der Waals surface area contributed by atoms with E-state index in [1.165, 1.54) is 29.1 Å². The van der Waals surface area contributed by atoms with Crippen molar-refractivity contribution in [3.63, 3.8) is 0 Å². The number of nitrogens with one attached hydrogen (secondary N) is 2. The number of halogens is 1. The molecule has 0 saturated heterocycles. The number of rotatable bonds is 3. The number of hydrogen-bond donors (Lipinski definition) is 2. The largest absolute Gasteiger partial charge is 0.354 e. The van der Waals surface area contributed by atoms with Gasteiger partial charge in [-0.3, -0.25) is 4.79 Å². The van der Waals surface area contributed by atoms with Gasteiger partial charge in [-0.05, 0) is 42.3 Å². The molecule has 1 heterocycles. The zero-order valence-electron chi connectivity index (χ0n) is 13.8. The second-order valence-electron chi connectivity index (χ2n) is 6.04. The van der Waals surface area contributed by atoms with Gasteiger partial charge in [0, 0.05) is 33.1 Å². The summed E-state index contributed by atoms with van der Waals surface area (Å²) in [6, 6.07) is 17.7. The van der Waals surface area contributed by atoms with E-state index in [-0.39, 0.29) is 5.91 Å². The van der Waals surface area contributed by atoms with Crippen LogP contribution in [0.2, 0.25) is 0 Å². The molecule has 0 saturated carbocycles. The maximum atomic E-state index is 13.3. The lowest BCUT2D eigenvalue weighted by Gasteiger charge is -2.05. The van der Waals surface area contributed by atoms with Crippen LogP contribution < -0.4 is 5.32 Å². The van der Waals surface area contributed by atoms with Crippen LogP contribution in [0.15, 0.2) is 60.7 Å². The average molecular weight is 332 g/mol. The number of para-hydroxylation sites is 1. The predicted molar refractivity (Wildman–Crippen MR) is 99.5 cm³/mol. The molecule has 0 unspecified atom stereocenters. The SMILES string of the molecule is CCc1cccc2c1[nH]c1cc(NC(=O)c3cccc(F)c3)ccc12. The second kappa shape index (κ2) is 6.06. The zero-order valence-corrected chi connectivity index (χ0v) is 13.8. The molecule has 0 bridgehead atoms. The molecule has 1 aromatic heterocycles. The monoisotopic (exact) mass is 332 g/mol. The van der Waals surface area contributed by atoms with Gasteiger partial charge in [0.1, 0.15) is 5.82 Å².